The lowest BCUT2D eigenvalue weighted by atomic mass is 9.99. The zero-order valence-corrected chi connectivity index (χ0v) is 13.1. The number of hydrogen-bond acceptors (Lipinski definition) is 2. The number of rotatable bonds is 4. The quantitative estimate of drug-likeness (QED) is 0.865. The molecule has 0 saturated heterocycles. The van der Waals surface area contributed by atoms with Crippen molar-refractivity contribution >= 4 is 34.8 Å². The van der Waals surface area contributed by atoms with Crippen molar-refractivity contribution < 1.29 is 4.74 Å². The van der Waals surface area contributed by atoms with Crippen LogP contribution in [0.1, 0.15) is 17.2 Å². The first-order valence-electron chi connectivity index (χ1n) is 6.04. The number of ether oxygens (including phenoxy) is 1. The van der Waals surface area contributed by atoms with Crippen molar-refractivity contribution in [3.05, 3.63) is 62.6 Å². The van der Waals surface area contributed by atoms with Gasteiger partial charge in [0.1, 0.15) is 5.75 Å². The number of nitrogens with two attached hydrogens (primary N) is 1. The van der Waals surface area contributed by atoms with E-state index in [1.165, 1.54) is 0 Å². The van der Waals surface area contributed by atoms with Gasteiger partial charge in [-0.05, 0) is 36.2 Å². The molecular formula is C15H14Cl3NO. The molecule has 20 heavy (non-hydrogen) atoms. The van der Waals surface area contributed by atoms with Gasteiger partial charge in [-0.25, -0.2) is 0 Å². The number of methoxy groups -OCH3 is 1. The molecule has 2 aromatic carbocycles. The molecule has 2 rings (SSSR count). The summed E-state index contributed by atoms with van der Waals surface area (Å²) >= 11 is 17.9. The zero-order valence-electron chi connectivity index (χ0n) is 10.9. The van der Waals surface area contributed by atoms with Crippen molar-refractivity contribution in [1.82, 2.24) is 0 Å². The van der Waals surface area contributed by atoms with Gasteiger partial charge < -0.3 is 10.5 Å². The molecule has 0 saturated carbocycles. The Balaban J connectivity index is 2.23. The number of halogens is 3. The van der Waals surface area contributed by atoms with E-state index in [2.05, 4.69) is 0 Å². The van der Waals surface area contributed by atoms with E-state index in [-0.39, 0.29) is 6.04 Å². The molecule has 1 atom stereocenters. The Hall–Kier alpha value is -0.930. The molecule has 1 unspecified atom stereocenters. The van der Waals surface area contributed by atoms with Crippen molar-refractivity contribution in [3.8, 4) is 5.75 Å². The first kappa shape index (κ1) is 15.5. The predicted octanol–water partition coefficient (Wildman–Crippen LogP) is 4.90. The molecule has 0 aromatic heterocycles. The zero-order chi connectivity index (χ0) is 14.7. The maximum Gasteiger partial charge on any atom is 0.125 e. The summed E-state index contributed by atoms with van der Waals surface area (Å²) in [6.45, 7) is 0. The molecule has 2 N–H and O–H groups in total. The van der Waals surface area contributed by atoms with Crippen molar-refractivity contribution in [2.75, 3.05) is 7.11 Å². The first-order valence-corrected chi connectivity index (χ1v) is 7.17. The normalized spacial score (nSPS) is 12.2. The van der Waals surface area contributed by atoms with Gasteiger partial charge in [-0.2, -0.15) is 0 Å². The highest BCUT2D eigenvalue weighted by Crippen LogP contribution is 2.30. The Labute approximate surface area is 133 Å². The molecule has 5 heteroatoms. The van der Waals surface area contributed by atoms with E-state index in [1.54, 1.807) is 25.3 Å². The Bertz CT molecular complexity index is 616. The van der Waals surface area contributed by atoms with E-state index in [0.717, 1.165) is 11.1 Å². The molecule has 0 aliphatic carbocycles. The fraction of sp³-hybridized carbons (Fsp3) is 0.200. The standard InChI is InChI=1S/C15H14Cl3NO/c1-20-15-8-10(16)3-4-11(15)14(19)7-9-2-5-12(17)13(18)6-9/h2-6,8,14H,7,19H2,1H3. The minimum Gasteiger partial charge on any atom is -0.496 e. The molecule has 0 aliphatic heterocycles. The minimum absolute atomic E-state index is 0.209. The molecule has 0 spiro atoms. The van der Waals surface area contributed by atoms with Crippen molar-refractivity contribution in [3.63, 3.8) is 0 Å². The van der Waals surface area contributed by atoms with Crippen LogP contribution in [0.15, 0.2) is 36.4 Å². The van der Waals surface area contributed by atoms with E-state index >= 15 is 0 Å². The van der Waals surface area contributed by atoms with E-state index < -0.39 is 0 Å². The van der Waals surface area contributed by atoms with E-state index in [0.29, 0.717) is 27.2 Å². The third kappa shape index (κ3) is 3.58. The molecule has 0 heterocycles. The van der Waals surface area contributed by atoms with Gasteiger partial charge in [0.15, 0.2) is 0 Å². The third-order valence-electron chi connectivity index (χ3n) is 3.03. The fourth-order valence-electron chi connectivity index (χ4n) is 2.02. The summed E-state index contributed by atoms with van der Waals surface area (Å²) in [5.74, 6) is 0.685. The van der Waals surface area contributed by atoms with Crippen LogP contribution >= 0.6 is 34.8 Å². The molecule has 106 valence electrons. The molecule has 2 aromatic rings. The average molecular weight is 331 g/mol. The monoisotopic (exact) mass is 329 g/mol. The molecular weight excluding hydrogens is 317 g/mol. The molecule has 0 bridgehead atoms. The topological polar surface area (TPSA) is 35.2 Å². The van der Waals surface area contributed by atoms with E-state index in [1.807, 2.05) is 18.2 Å². The summed E-state index contributed by atoms with van der Waals surface area (Å²) in [7, 11) is 1.60. The summed E-state index contributed by atoms with van der Waals surface area (Å²) in [5.41, 5.74) is 8.17. The predicted molar refractivity (Wildman–Crippen MR) is 85.1 cm³/mol. The molecule has 2 nitrogen and oxygen atoms in total. The summed E-state index contributed by atoms with van der Waals surface area (Å²) in [6.07, 6.45) is 0.634. The van der Waals surface area contributed by atoms with Crippen LogP contribution in [0.25, 0.3) is 0 Å². The molecule has 0 aliphatic rings. The number of hydrogen-bond donors (Lipinski definition) is 1. The minimum atomic E-state index is -0.209. The lowest BCUT2D eigenvalue weighted by Crippen LogP contribution is -2.14. The Kier molecular flexibility index (Phi) is 5.17. The Morgan fingerprint density at radius 2 is 1.80 bits per heavy atom. The Morgan fingerprint density at radius 1 is 1.05 bits per heavy atom. The lowest BCUT2D eigenvalue weighted by Gasteiger charge is -2.16. The third-order valence-corrected chi connectivity index (χ3v) is 4.01. The van der Waals surface area contributed by atoms with Crippen molar-refractivity contribution in [2.45, 2.75) is 12.5 Å². The van der Waals surface area contributed by atoms with Crippen LogP contribution in [-0.4, -0.2) is 7.11 Å². The smallest absolute Gasteiger partial charge is 0.125 e. The van der Waals surface area contributed by atoms with Gasteiger partial charge >= 0.3 is 0 Å². The highest BCUT2D eigenvalue weighted by atomic mass is 35.5. The van der Waals surface area contributed by atoms with Crippen LogP contribution in [0.5, 0.6) is 5.75 Å². The number of benzene rings is 2. The van der Waals surface area contributed by atoms with E-state index in [4.69, 9.17) is 45.3 Å². The van der Waals surface area contributed by atoms with Crippen LogP contribution in [0.3, 0.4) is 0 Å². The summed E-state index contributed by atoms with van der Waals surface area (Å²) in [4.78, 5) is 0. The van der Waals surface area contributed by atoms with Gasteiger partial charge in [0.25, 0.3) is 0 Å². The SMILES string of the molecule is COc1cc(Cl)ccc1C(N)Cc1ccc(Cl)c(Cl)c1. The highest BCUT2D eigenvalue weighted by Gasteiger charge is 2.13. The van der Waals surface area contributed by atoms with Crippen LogP contribution in [0.2, 0.25) is 15.1 Å². The van der Waals surface area contributed by atoms with Crippen molar-refractivity contribution in [1.29, 1.82) is 0 Å². The highest BCUT2D eigenvalue weighted by molar-refractivity contribution is 6.42. The van der Waals surface area contributed by atoms with Crippen molar-refractivity contribution in [2.24, 2.45) is 5.73 Å². The average Bonchev–Trinajstić information content (AvgIpc) is 2.42. The summed E-state index contributed by atoms with van der Waals surface area (Å²) in [6, 6.07) is 10.7. The molecule has 0 amide bonds. The van der Waals surface area contributed by atoms with Crippen LogP contribution < -0.4 is 10.5 Å². The molecule has 0 radical (unpaired) electrons. The largest absolute Gasteiger partial charge is 0.496 e. The second-order valence-electron chi connectivity index (χ2n) is 4.45. The van der Waals surface area contributed by atoms with Gasteiger partial charge in [-0.1, -0.05) is 46.9 Å². The summed E-state index contributed by atoms with van der Waals surface area (Å²) < 4.78 is 5.32. The maximum absolute atomic E-state index is 6.24. The van der Waals surface area contributed by atoms with Crippen LogP contribution in [0.4, 0.5) is 0 Å². The van der Waals surface area contributed by atoms with Gasteiger partial charge in [0, 0.05) is 16.6 Å². The lowest BCUT2D eigenvalue weighted by molar-refractivity contribution is 0.405. The maximum atomic E-state index is 6.24. The Morgan fingerprint density at radius 3 is 2.45 bits per heavy atom. The van der Waals surface area contributed by atoms with Gasteiger partial charge in [-0.3, -0.25) is 0 Å². The summed E-state index contributed by atoms with van der Waals surface area (Å²) in [5, 5.41) is 1.68. The molecule has 0 fully saturated rings. The van der Waals surface area contributed by atoms with Crippen LogP contribution in [-0.2, 0) is 6.42 Å². The van der Waals surface area contributed by atoms with Gasteiger partial charge in [-0.15, -0.1) is 0 Å². The van der Waals surface area contributed by atoms with Gasteiger partial charge in [0.2, 0.25) is 0 Å². The first-order chi connectivity index (χ1) is 9.51. The second-order valence-corrected chi connectivity index (χ2v) is 5.70. The van der Waals surface area contributed by atoms with Crippen LogP contribution in [0, 0.1) is 0 Å². The van der Waals surface area contributed by atoms with E-state index in [9.17, 15) is 0 Å². The van der Waals surface area contributed by atoms with Gasteiger partial charge in [0.05, 0.1) is 17.2 Å². The fourth-order valence-corrected chi connectivity index (χ4v) is 2.50. The second kappa shape index (κ2) is 6.68.